The van der Waals surface area contributed by atoms with Crippen molar-refractivity contribution in [3.05, 3.63) is 83.1 Å². The van der Waals surface area contributed by atoms with Crippen LogP contribution in [0.5, 0.6) is 0 Å². The lowest BCUT2D eigenvalue weighted by Gasteiger charge is -2.12. The van der Waals surface area contributed by atoms with Gasteiger partial charge in [0, 0.05) is 22.6 Å². The number of nitrogens with zero attached hydrogens (tertiary/aromatic N) is 5. The summed E-state index contributed by atoms with van der Waals surface area (Å²) < 4.78 is 7.64. The summed E-state index contributed by atoms with van der Waals surface area (Å²) in [6, 6.07) is 16.6. The molecule has 6 nitrogen and oxygen atoms in total. The van der Waals surface area contributed by atoms with Crippen LogP contribution in [-0.2, 0) is 6.54 Å². The Bertz CT molecular complexity index is 1450. The van der Waals surface area contributed by atoms with Crippen molar-refractivity contribution in [3.63, 3.8) is 0 Å². The van der Waals surface area contributed by atoms with E-state index in [4.69, 9.17) is 9.52 Å². The summed E-state index contributed by atoms with van der Waals surface area (Å²) in [5.41, 5.74) is 10.1. The van der Waals surface area contributed by atoms with E-state index in [1.807, 2.05) is 38.4 Å². The van der Waals surface area contributed by atoms with E-state index in [1.54, 1.807) is 0 Å². The molecule has 2 aromatic carbocycles. The molecule has 170 valence electrons. The van der Waals surface area contributed by atoms with E-state index in [2.05, 4.69) is 81.1 Å². The molecule has 0 bridgehead atoms. The molecule has 7 heteroatoms. The van der Waals surface area contributed by atoms with Crippen molar-refractivity contribution in [1.82, 2.24) is 19.7 Å². The lowest BCUT2D eigenvalue weighted by atomic mass is 9.98. The second-order valence-electron chi connectivity index (χ2n) is 9.79. The summed E-state index contributed by atoms with van der Waals surface area (Å²) in [6.45, 7) is 11.3. The van der Waals surface area contributed by atoms with Gasteiger partial charge in [-0.05, 0) is 18.2 Å². The maximum atomic E-state index is 5.56. The van der Waals surface area contributed by atoms with Gasteiger partial charge in [-0.1, -0.05) is 74.9 Å². The second kappa shape index (κ2) is 8.54. The zero-order valence-electron chi connectivity index (χ0n) is 20.1. The normalized spacial score (nSPS) is 12.9. The van der Waals surface area contributed by atoms with E-state index in [1.165, 1.54) is 0 Å². The standard InChI is InChI=1S/C27H27N5OSi/c1-18(2)26-30-27(33-31-26)25-23-16-28-24(20-9-7-6-8-10-20)21-15-19(13-14-34(3,4)5)11-12-22(21)32(23)17-29-25/h6-12,15,17-18H,16H2,1-5H3. The average Bonchev–Trinajstić information content (AvgIpc) is 3.42. The number of benzene rings is 2. The zero-order valence-corrected chi connectivity index (χ0v) is 21.1. The maximum Gasteiger partial charge on any atom is 0.278 e. The van der Waals surface area contributed by atoms with Gasteiger partial charge in [0.25, 0.3) is 5.89 Å². The second-order valence-corrected chi connectivity index (χ2v) is 14.5. The van der Waals surface area contributed by atoms with E-state index in [-0.39, 0.29) is 5.92 Å². The first-order valence-electron chi connectivity index (χ1n) is 11.5. The van der Waals surface area contributed by atoms with Gasteiger partial charge in [-0.25, -0.2) is 4.98 Å². The number of hydrogen-bond donors (Lipinski definition) is 0. The fraction of sp³-hybridized carbons (Fsp3) is 0.259. The summed E-state index contributed by atoms with van der Waals surface area (Å²) in [7, 11) is -1.49. The molecular formula is C27H27N5OSi. The fourth-order valence-electron chi connectivity index (χ4n) is 3.83. The van der Waals surface area contributed by atoms with E-state index in [0.29, 0.717) is 24.0 Å². The van der Waals surface area contributed by atoms with Crippen LogP contribution in [0.15, 0.2) is 64.4 Å². The highest BCUT2D eigenvalue weighted by Crippen LogP contribution is 2.31. The molecule has 0 fully saturated rings. The Hall–Kier alpha value is -3.76. The van der Waals surface area contributed by atoms with Crippen LogP contribution >= 0.6 is 0 Å². The Kier molecular flexibility index (Phi) is 5.54. The quantitative estimate of drug-likeness (QED) is 0.291. The molecule has 0 radical (unpaired) electrons. The largest absolute Gasteiger partial charge is 0.332 e. The van der Waals surface area contributed by atoms with Gasteiger partial charge in [0.15, 0.2) is 11.5 Å². The number of hydrogen-bond acceptors (Lipinski definition) is 5. The van der Waals surface area contributed by atoms with E-state index in [9.17, 15) is 0 Å². The Morgan fingerprint density at radius 1 is 1.06 bits per heavy atom. The highest BCUT2D eigenvalue weighted by molar-refractivity contribution is 6.83. The van der Waals surface area contributed by atoms with Gasteiger partial charge < -0.3 is 4.52 Å². The number of rotatable bonds is 3. The molecule has 0 spiro atoms. The van der Waals surface area contributed by atoms with E-state index >= 15 is 0 Å². The molecule has 0 aliphatic carbocycles. The van der Waals surface area contributed by atoms with Crippen molar-refractivity contribution in [2.24, 2.45) is 4.99 Å². The van der Waals surface area contributed by atoms with Crippen LogP contribution in [0.2, 0.25) is 19.6 Å². The highest BCUT2D eigenvalue weighted by atomic mass is 28.3. The summed E-state index contributed by atoms with van der Waals surface area (Å²) in [6.07, 6.45) is 1.82. The van der Waals surface area contributed by atoms with E-state index in [0.717, 1.165) is 33.8 Å². The molecule has 0 saturated carbocycles. The Morgan fingerprint density at radius 2 is 1.85 bits per heavy atom. The molecular weight excluding hydrogens is 438 g/mol. The minimum Gasteiger partial charge on any atom is -0.332 e. The molecule has 0 unspecified atom stereocenters. The van der Waals surface area contributed by atoms with Crippen LogP contribution in [0.1, 0.15) is 48.0 Å². The third-order valence-corrected chi connectivity index (χ3v) is 6.43. The molecule has 3 heterocycles. The minimum absolute atomic E-state index is 0.179. The van der Waals surface area contributed by atoms with Gasteiger partial charge in [-0.3, -0.25) is 9.56 Å². The lowest BCUT2D eigenvalue weighted by Crippen LogP contribution is -2.16. The SMILES string of the molecule is CC(C)c1noc(-c2ncn3c2CN=C(c2ccccc2)c2cc(C#C[Si](C)(C)C)ccc2-3)n1. The van der Waals surface area contributed by atoms with Gasteiger partial charge in [-0.2, -0.15) is 4.98 Å². The molecule has 34 heavy (non-hydrogen) atoms. The molecule has 0 atom stereocenters. The van der Waals surface area contributed by atoms with Gasteiger partial charge in [0.05, 0.1) is 23.6 Å². The molecule has 1 aliphatic rings. The van der Waals surface area contributed by atoms with Crippen LogP contribution in [0.25, 0.3) is 17.3 Å². The minimum atomic E-state index is -1.49. The highest BCUT2D eigenvalue weighted by Gasteiger charge is 2.25. The van der Waals surface area contributed by atoms with Gasteiger partial charge in [0.2, 0.25) is 0 Å². The predicted octanol–water partition coefficient (Wildman–Crippen LogP) is 5.63. The monoisotopic (exact) mass is 465 g/mol. The van der Waals surface area contributed by atoms with Gasteiger partial charge in [-0.15, -0.1) is 5.54 Å². The molecule has 0 N–H and O–H groups in total. The number of aromatic nitrogens is 4. The number of imidazole rings is 1. The third-order valence-electron chi connectivity index (χ3n) is 5.55. The number of aliphatic imine (C=N–C) groups is 1. The zero-order chi connectivity index (χ0) is 23.9. The van der Waals surface area contributed by atoms with Crippen molar-refractivity contribution in [1.29, 1.82) is 0 Å². The van der Waals surface area contributed by atoms with Crippen LogP contribution in [0.4, 0.5) is 0 Å². The van der Waals surface area contributed by atoms with Crippen molar-refractivity contribution < 1.29 is 4.52 Å². The molecule has 0 amide bonds. The van der Waals surface area contributed by atoms with E-state index < -0.39 is 8.07 Å². The predicted molar refractivity (Wildman–Crippen MR) is 137 cm³/mol. The van der Waals surface area contributed by atoms with Crippen LogP contribution in [0.3, 0.4) is 0 Å². The van der Waals surface area contributed by atoms with Crippen molar-refractivity contribution in [3.8, 4) is 28.7 Å². The molecule has 1 aliphatic heterocycles. The molecule has 5 rings (SSSR count). The fourth-order valence-corrected chi connectivity index (χ4v) is 4.35. The number of fused-ring (bicyclic) bond motifs is 3. The van der Waals surface area contributed by atoms with Gasteiger partial charge >= 0.3 is 0 Å². The first-order chi connectivity index (χ1) is 16.3. The van der Waals surface area contributed by atoms with Crippen LogP contribution < -0.4 is 0 Å². The van der Waals surface area contributed by atoms with Crippen molar-refractivity contribution in [2.75, 3.05) is 0 Å². The van der Waals surface area contributed by atoms with Crippen LogP contribution in [-0.4, -0.2) is 33.5 Å². The summed E-state index contributed by atoms with van der Waals surface area (Å²) in [5, 5.41) is 4.12. The first-order valence-corrected chi connectivity index (χ1v) is 15.0. The average molecular weight is 466 g/mol. The summed E-state index contributed by atoms with van der Waals surface area (Å²) >= 11 is 0. The topological polar surface area (TPSA) is 69.1 Å². The molecule has 0 saturated heterocycles. The van der Waals surface area contributed by atoms with Crippen molar-refractivity contribution in [2.45, 2.75) is 46.0 Å². The van der Waals surface area contributed by atoms with Crippen molar-refractivity contribution >= 4 is 13.8 Å². The third kappa shape index (κ3) is 4.25. The summed E-state index contributed by atoms with van der Waals surface area (Å²) in [4.78, 5) is 14.3. The summed E-state index contributed by atoms with van der Waals surface area (Å²) in [5.74, 6) is 4.67. The maximum absolute atomic E-state index is 5.56. The Balaban J connectivity index is 1.68. The molecule has 2 aromatic heterocycles. The Morgan fingerprint density at radius 3 is 2.56 bits per heavy atom. The smallest absolute Gasteiger partial charge is 0.278 e. The van der Waals surface area contributed by atoms with Crippen LogP contribution in [0, 0.1) is 11.5 Å². The first kappa shape index (κ1) is 22.1. The molecule has 4 aromatic rings. The Labute approximate surface area is 200 Å². The lowest BCUT2D eigenvalue weighted by molar-refractivity contribution is 0.418. The van der Waals surface area contributed by atoms with Gasteiger partial charge in [0.1, 0.15) is 14.4 Å².